The van der Waals surface area contributed by atoms with Gasteiger partial charge in [0.1, 0.15) is 11.6 Å². The van der Waals surface area contributed by atoms with Crippen LogP contribution >= 0.6 is 54.5 Å². The van der Waals surface area contributed by atoms with E-state index in [9.17, 15) is 9.59 Å². The minimum atomic E-state index is 0.220. The third-order valence-corrected chi connectivity index (χ3v) is 20.1. The van der Waals surface area contributed by atoms with E-state index in [0.29, 0.717) is 47.1 Å². The van der Waals surface area contributed by atoms with E-state index in [-0.39, 0.29) is 23.7 Å². The Balaban J connectivity index is 0.945. The average molecular weight is 945 g/mol. The van der Waals surface area contributed by atoms with Crippen molar-refractivity contribution in [2.24, 2.45) is 53.3 Å². The van der Waals surface area contributed by atoms with Crippen LogP contribution in [-0.2, 0) is 16.0 Å². The number of unbranched alkanes of at least 4 members (excludes halogenated alkanes) is 14. The second-order valence-corrected chi connectivity index (χ2v) is 24.9. The lowest BCUT2D eigenvalue weighted by Gasteiger charge is -2.40. The summed E-state index contributed by atoms with van der Waals surface area (Å²) in [5.41, 5.74) is 2.99. The topological polar surface area (TPSA) is 34.1 Å². The first-order valence-electron chi connectivity index (χ1n) is 24.4. The number of thiophene rings is 2. The summed E-state index contributed by atoms with van der Waals surface area (Å²) in [4.78, 5) is 31.9. The molecule has 2 nitrogen and oxygen atoms in total. The number of halogens is 2. The fourth-order valence-electron chi connectivity index (χ4n) is 13.5. The Kier molecular flexibility index (Phi) is 17.0. The van der Waals surface area contributed by atoms with Crippen LogP contribution < -0.4 is 0 Å². The molecule has 11 unspecified atom stereocenters. The number of hydrogen-bond acceptors (Lipinski definition) is 4. The highest BCUT2D eigenvalue weighted by Crippen LogP contribution is 2.63. The first kappa shape index (κ1) is 44.7. The quantitative estimate of drug-likeness (QED) is 0.110. The fraction of sp³-hybridized carbons (Fsp3) is 0.804. The number of fused-ring (bicyclic) bond motifs is 6. The predicted octanol–water partition coefficient (Wildman–Crippen LogP) is 17.0. The Morgan fingerprint density at radius 3 is 1.44 bits per heavy atom. The maximum Gasteiger partial charge on any atom is 0.139 e. The minimum absolute atomic E-state index is 0.220. The van der Waals surface area contributed by atoms with Gasteiger partial charge in [-0.3, -0.25) is 9.59 Å². The van der Waals surface area contributed by atoms with E-state index in [4.69, 9.17) is 0 Å². The number of carbonyl (C=O) groups excluding carboxylic acids is 2. The van der Waals surface area contributed by atoms with Crippen LogP contribution in [-0.4, -0.2) is 11.6 Å². The number of carbonyl (C=O) groups is 2. The minimum Gasteiger partial charge on any atom is -0.299 e. The Morgan fingerprint density at radius 1 is 0.544 bits per heavy atom. The van der Waals surface area contributed by atoms with Crippen LogP contribution in [0.3, 0.4) is 0 Å². The maximum atomic E-state index is 14.5. The molecular formula is C51H76Br2O2S2. The zero-order valence-corrected chi connectivity index (χ0v) is 40.8. The lowest BCUT2D eigenvalue weighted by Crippen LogP contribution is -2.35. The van der Waals surface area contributed by atoms with Crippen molar-refractivity contribution in [3.63, 3.8) is 0 Å². The molecule has 0 radical (unpaired) electrons. The highest BCUT2D eigenvalue weighted by molar-refractivity contribution is 9.11. The van der Waals surface area contributed by atoms with Gasteiger partial charge in [-0.25, -0.2) is 0 Å². The van der Waals surface area contributed by atoms with Gasteiger partial charge in [-0.05, 0) is 161 Å². The zero-order valence-electron chi connectivity index (χ0n) is 36.0. The lowest BCUT2D eigenvalue weighted by atomic mass is 9.64. The maximum absolute atomic E-state index is 14.5. The standard InChI is InChI=1S/C51H76Br2O2S2/c1-4-6-8-10-12-13-14-15-17-19-21-34(20-18-16-11-9-7-5-2)27-37-30-47(53)57-51(37)36-23-25-39-41-32-44-40(31-45(41)49(55)43(39)29-36)38-24-22-35(28-42(38)48(44)54)50-33(3)26-46(52)56-50/h26,30,34-36,38-45H,4-25,27-29,31-32H2,1-3H3. The van der Waals surface area contributed by atoms with E-state index >= 15 is 0 Å². The lowest BCUT2D eigenvalue weighted by molar-refractivity contribution is -0.129. The second-order valence-electron chi connectivity index (χ2n) is 20.0. The van der Waals surface area contributed by atoms with Crippen molar-refractivity contribution in [1.29, 1.82) is 0 Å². The van der Waals surface area contributed by atoms with Crippen LogP contribution in [0.15, 0.2) is 19.7 Å². The van der Waals surface area contributed by atoms with Gasteiger partial charge in [0.15, 0.2) is 0 Å². The summed E-state index contributed by atoms with van der Waals surface area (Å²) in [5.74, 6) is 5.86. The molecule has 5 aliphatic rings. The van der Waals surface area contributed by atoms with Gasteiger partial charge < -0.3 is 0 Å². The molecule has 57 heavy (non-hydrogen) atoms. The molecule has 0 N–H and O–H groups in total. The van der Waals surface area contributed by atoms with Crippen molar-refractivity contribution in [2.75, 3.05) is 0 Å². The SMILES string of the molecule is CCCCCCCCCCCCC(CCCCCCCC)Cc1cc(Br)sc1C1CCC2C(C1)C(=O)C1CC3C(CC12)C(=O)C1CC(c2sc(Br)cc2C)CCC13. The van der Waals surface area contributed by atoms with E-state index in [0.717, 1.165) is 31.6 Å². The molecule has 11 atom stereocenters. The summed E-state index contributed by atoms with van der Waals surface area (Å²) in [6.07, 6.45) is 35.3. The van der Waals surface area contributed by atoms with E-state index in [1.807, 2.05) is 22.7 Å². The highest BCUT2D eigenvalue weighted by Gasteiger charge is 2.61. The van der Waals surface area contributed by atoms with Gasteiger partial charge in [-0.2, -0.15) is 0 Å². The number of rotatable bonds is 22. The van der Waals surface area contributed by atoms with Crippen molar-refractivity contribution in [2.45, 2.75) is 206 Å². The third-order valence-electron chi connectivity index (χ3n) is 16.4. The first-order valence-corrected chi connectivity index (χ1v) is 27.6. The molecular weight excluding hydrogens is 869 g/mol. The van der Waals surface area contributed by atoms with Gasteiger partial charge in [-0.15, -0.1) is 22.7 Å². The number of aryl methyl sites for hydroxylation is 1. The van der Waals surface area contributed by atoms with Crippen LogP contribution in [0.4, 0.5) is 0 Å². The smallest absolute Gasteiger partial charge is 0.139 e. The molecule has 7 rings (SSSR count). The Labute approximate surface area is 372 Å². The molecule has 6 heteroatoms. The second kappa shape index (κ2) is 21.7. The number of Topliss-reactive ketones (excluding diaryl/α,β-unsaturated/α-hetero) is 2. The summed E-state index contributed by atoms with van der Waals surface area (Å²) < 4.78 is 2.50. The summed E-state index contributed by atoms with van der Waals surface area (Å²) in [6, 6.07) is 4.73. The molecule has 5 fully saturated rings. The van der Waals surface area contributed by atoms with Crippen LogP contribution in [0, 0.1) is 60.2 Å². The average Bonchev–Trinajstić information content (AvgIpc) is 3.92. The molecule has 5 saturated carbocycles. The first-order chi connectivity index (χ1) is 27.8. The van der Waals surface area contributed by atoms with E-state index in [1.54, 1.807) is 10.4 Å². The molecule has 0 aliphatic heterocycles. The van der Waals surface area contributed by atoms with Crippen molar-refractivity contribution < 1.29 is 9.59 Å². The molecule has 0 spiro atoms. The molecule has 5 aliphatic carbocycles. The summed E-state index contributed by atoms with van der Waals surface area (Å²) in [6.45, 7) is 6.87. The van der Waals surface area contributed by atoms with Gasteiger partial charge in [0.25, 0.3) is 0 Å². The van der Waals surface area contributed by atoms with E-state index in [2.05, 4.69) is 64.8 Å². The predicted molar refractivity (Wildman–Crippen MR) is 251 cm³/mol. The molecule has 0 saturated heterocycles. The molecule has 2 aromatic rings. The Morgan fingerprint density at radius 2 is 0.965 bits per heavy atom. The fourth-order valence-corrected chi connectivity index (χ4v) is 17.3. The van der Waals surface area contributed by atoms with Gasteiger partial charge in [-0.1, -0.05) is 129 Å². The number of ketones is 2. The zero-order chi connectivity index (χ0) is 39.9. The van der Waals surface area contributed by atoms with Crippen molar-refractivity contribution in [1.82, 2.24) is 0 Å². The Hall–Kier alpha value is -0.300. The van der Waals surface area contributed by atoms with Crippen molar-refractivity contribution in [3.8, 4) is 0 Å². The van der Waals surface area contributed by atoms with Gasteiger partial charge in [0.2, 0.25) is 0 Å². The van der Waals surface area contributed by atoms with Crippen LogP contribution in [0.2, 0.25) is 0 Å². The molecule has 318 valence electrons. The normalized spacial score (nSPS) is 31.3. The van der Waals surface area contributed by atoms with E-state index in [1.165, 1.54) is 166 Å². The molecule has 0 amide bonds. The van der Waals surface area contributed by atoms with Gasteiger partial charge in [0.05, 0.1) is 7.57 Å². The highest BCUT2D eigenvalue weighted by atomic mass is 79.9. The summed E-state index contributed by atoms with van der Waals surface area (Å²) in [5, 5.41) is 0. The largest absolute Gasteiger partial charge is 0.299 e. The third kappa shape index (κ3) is 10.8. The summed E-state index contributed by atoms with van der Waals surface area (Å²) in [7, 11) is 0. The molecule has 2 aromatic heterocycles. The van der Waals surface area contributed by atoms with Crippen molar-refractivity contribution >= 4 is 66.1 Å². The van der Waals surface area contributed by atoms with Crippen LogP contribution in [0.5, 0.6) is 0 Å². The van der Waals surface area contributed by atoms with E-state index < -0.39 is 0 Å². The summed E-state index contributed by atoms with van der Waals surface area (Å²) >= 11 is 11.5. The van der Waals surface area contributed by atoms with Gasteiger partial charge >= 0.3 is 0 Å². The van der Waals surface area contributed by atoms with Crippen LogP contribution in [0.1, 0.15) is 214 Å². The Bertz CT molecular complexity index is 1590. The van der Waals surface area contributed by atoms with Crippen LogP contribution in [0.25, 0.3) is 0 Å². The molecule has 0 bridgehead atoms. The monoisotopic (exact) mass is 942 g/mol. The van der Waals surface area contributed by atoms with Crippen molar-refractivity contribution in [3.05, 3.63) is 40.6 Å². The van der Waals surface area contributed by atoms with Gasteiger partial charge in [0, 0.05) is 33.4 Å². The number of hydrogen-bond donors (Lipinski definition) is 0. The molecule has 2 heterocycles. The molecule has 0 aromatic carbocycles.